The normalized spacial score (nSPS) is 25.7. The SMILES string of the molecule is O=C1CC[C@H](C(=O)NCC2(C(=O)O)CCOCC2)N1. The molecule has 0 aromatic carbocycles. The van der Waals surface area contributed by atoms with E-state index in [1.165, 1.54) is 0 Å². The number of hydrogen-bond donors (Lipinski definition) is 3. The van der Waals surface area contributed by atoms with E-state index in [-0.39, 0.29) is 18.4 Å². The van der Waals surface area contributed by atoms with E-state index in [9.17, 15) is 19.5 Å². The van der Waals surface area contributed by atoms with Gasteiger partial charge >= 0.3 is 5.97 Å². The predicted octanol–water partition coefficient (Wildman–Crippen LogP) is -0.737. The van der Waals surface area contributed by atoms with Crippen LogP contribution in [0.3, 0.4) is 0 Å². The monoisotopic (exact) mass is 270 g/mol. The number of carbonyl (C=O) groups excluding carboxylic acids is 2. The van der Waals surface area contributed by atoms with Crippen molar-refractivity contribution in [1.82, 2.24) is 10.6 Å². The molecule has 2 saturated heterocycles. The summed E-state index contributed by atoms with van der Waals surface area (Å²) in [5.41, 5.74) is -0.948. The molecule has 0 aromatic heterocycles. The summed E-state index contributed by atoms with van der Waals surface area (Å²) in [6, 6.07) is -0.529. The summed E-state index contributed by atoms with van der Waals surface area (Å²) < 4.78 is 5.16. The maximum atomic E-state index is 11.8. The van der Waals surface area contributed by atoms with Crippen LogP contribution >= 0.6 is 0 Å². The topological polar surface area (TPSA) is 105 Å². The highest BCUT2D eigenvalue weighted by atomic mass is 16.5. The molecular formula is C12H18N2O5. The van der Waals surface area contributed by atoms with Crippen molar-refractivity contribution < 1.29 is 24.2 Å². The molecule has 1 atom stereocenters. The molecule has 0 radical (unpaired) electrons. The second-order valence-electron chi connectivity index (χ2n) is 5.07. The van der Waals surface area contributed by atoms with Crippen molar-refractivity contribution in [1.29, 1.82) is 0 Å². The number of ether oxygens (including phenoxy) is 1. The number of nitrogens with one attached hydrogen (secondary N) is 2. The summed E-state index contributed by atoms with van der Waals surface area (Å²) >= 11 is 0. The molecule has 0 saturated carbocycles. The van der Waals surface area contributed by atoms with E-state index in [0.717, 1.165) is 0 Å². The Morgan fingerprint density at radius 3 is 2.63 bits per heavy atom. The number of carbonyl (C=O) groups is 3. The number of aliphatic carboxylic acids is 1. The zero-order valence-corrected chi connectivity index (χ0v) is 10.6. The van der Waals surface area contributed by atoms with Gasteiger partial charge in [-0.1, -0.05) is 0 Å². The van der Waals surface area contributed by atoms with Crippen molar-refractivity contribution in [2.24, 2.45) is 5.41 Å². The van der Waals surface area contributed by atoms with Gasteiger partial charge in [0.1, 0.15) is 6.04 Å². The van der Waals surface area contributed by atoms with E-state index in [2.05, 4.69) is 10.6 Å². The largest absolute Gasteiger partial charge is 0.481 e. The molecule has 7 heteroatoms. The number of carboxylic acid groups (broad SMARTS) is 1. The maximum absolute atomic E-state index is 11.8. The Morgan fingerprint density at radius 2 is 2.11 bits per heavy atom. The van der Waals surface area contributed by atoms with Crippen LogP contribution in [-0.2, 0) is 19.1 Å². The molecule has 0 aromatic rings. The van der Waals surface area contributed by atoms with Gasteiger partial charge in [-0.2, -0.15) is 0 Å². The molecule has 0 unspecified atom stereocenters. The van der Waals surface area contributed by atoms with Gasteiger partial charge in [0.05, 0.1) is 5.41 Å². The first kappa shape index (κ1) is 13.8. The first-order valence-electron chi connectivity index (χ1n) is 6.42. The van der Waals surface area contributed by atoms with E-state index >= 15 is 0 Å². The van der Waals surface area contributed by atoms with Gasteiger partial charge in [0, 0.05) is 26.2 Å². The molecule has 19 heavy (non-hydrogen) atoms. The van der Waals surface area contributed by atoms with Crippen molar-refractivity contribution >= 4 is 17.8 Å². The first-order valence-corrected chi connectivity index (χ1v) is 6.42. The van der Waals surface area contributed by atoms with E-state index < -0.39 is 17.4 Å². The molecule has 106 valence electrons. The number of amides is 2. The lowest BCUT2D eigenvalue weighted by atomic mass is 9.80. The Hall–Kier alpha value is -1.63. The van der Waals surface area contributed by atoms with Gasteiger partial charge in [-0.3, -0.25) is 14.4 Å². The smallest absolute Gasteiger partial charge is 0.311 e. The van der Waals surface area contributed by atoms with Crippen LogP contribution in [0.5, 0.6) is 0 Å². The van der Waals surface area contributed by atoms with Gasteiger partial charge in [-0.05, 0) is 19.3 Å². The molecule has 2 aliphatic rings. The Morgan fingerprint density at radius 1 is 1.42 bits per heavy atom. The molecule has 7 nitrogen and oxygen atoms in total. The highest BCUT2D eigenvalue weighted by Gasteiger charge is 2.41. The molecule has 2 fully saturated rings. The summed E-state index contributed by atoms with van der Waals surface area (Å²) in [5.74, 6) is -1.36. The average molecular weight is 270 g/mol. The molecule has 2 aliphatic heterocycles. The van der Waals surface area contributed by atoms with Crippen LogP contribution in [0.4, 0.5) is 0 Å². The second kappa shape index (κ2) is 5.56. The van der Waals surface area contributed by atoms with Crippen LogP contribution < -0.4 is 10.6 Å². The summed E-state index contributed by atoms with van der Waals surface area (Å²) in [7, 11) is 0. The zero-order chi connectivity index (χ0) is 13.9. The third-order valence-electron chi connectivity index (χ3n) is 3.82. The van der Waals surface area contributed by atoms with Crippen molar-refractivity contribution in [3.05, 3.63) is 0 Å². The lowest BCUT2D eigenvalue weighted by molar-refractivity contribution is -0.154. The average Bonchev–Trinajstić information content (AvgIpc) is 2.83. The Labute approximate surface area is 110 Å². The van der Waals surface area contributed by atoms with Crippen LogP contribution in [0.1, 0.15) is 25.7 Å². The van der Waals surface area contributed by atoms with Crippen molar-refractivity contribution in [3.63, 3.8) is 0 Å². The minimum Gasteiger partial charge on any atom is -0.481 e. The van der Waals surface area contributed by atoms with Crippen molar-refractivity contribution in [3.8, 4) is 0 Å². The highest BCUT2D eigenvalue weighted by Crippen LogP contribution is 2.30. The van der Waals surface area contributed by atoms with Gasteiger partial charge < -0.3 is 20.5 Å². The summed E-state index contributed by atoms with van der Waals surface area (Å²) in [5, 5.41) is 14.5. The third kappa shape index (κ3) is 3.04. The van der Waals surface area contributed by atoms with Crippen LogP contribution in [0.25, 0.3) is 0 Å². The van der Waals surface area contributed by atoms with Crippen molar-refractivity contribution in [2.75, 3.05) is 19.8 Å². The minimum atomic E-state index is -0.948. The predicted molar refractivity (Wildman–Crippen MR) is 64.3 cm³/mol. The zero-order valence-electron chi connectivity index (χ0n) is 10.6. The molecule has 3 N–H and O–H groups in total. The van der Waals surface area contributed by atoms with Crippen LogP contribution in [-0.4, -0.2) is 48.7 Å². The molecule has 2 amide bonds. The summed E-state index contributed by atoms with van der Waals surface area (Å²) in [6.45, 7) is 0.863. The van der Waals surface area contributed by atoms with E-state index in [0.29, 0.717) is 38.9 Å². The van der Waals surface area contributed by atoms with Crippen molar-refractivity contribution in [2.45, 2.75) is 31.7 Å². The fourth-order valence-corrected chi connectivity index (χ4v) is 2.42. The Balaban J connectivity index is 1.90. The Bertz CT molecular complexity index is 390. The standard InChI is InChI=1S/C12H18N2O5/c15-9-2-1-8(14-9)10(16)13-7-12(11(17)18)3-5-19-6-4-12/h8H,1-7H2,(H,13,16)(H,14,15)(H,17,18)/t8-/m1/s1. The van der Waals surface area contributed by atoms with Gasteiger partial charge in [-0.25, -0.2) is 0 Å². The van der Waals surface area contributed by atoms with Crippen LogP contribution in [0.15, 0.2) is 0 Å². The summed E-state index contributed by atoms with van der Waals surface area (Å²) in [6.07, 6.45) is 1.59. The molecule has 0 aliphatic carbocycles. The fourth-order valence-electron chi connectivity index (χ4n) is 2.42. The van der Waals surface area contributed by atoms with E-state index in [1.807, 2.05) is 0 Å². The summed E-state index contributed by atoms with van der Waals surface area (Å²) in [4.78, 5) is 34.3. The van der Waals surface area contributed by atoms with Crippen LogP contribution in [0.2, 0.25) is 0 Å². The lowest BCUT2D eigenvalue weighted by Gasteiger charge is -2.33. The molecule has 0 bridgehead atoms. The maximum Gasteiger partial charge on any atom is 0.311 e. The third-order valence-corrected chi connectivity index (χ3v) is 3.82. The molecule has 2 rings (SSSR count). The molecule has 2 heterocycles. The number of rotatable bonds is 4. The second-order valence-corrected chi connectivity index (χ2v) is 5.07. The molecular weight excluding hydrogens is 252 g/mol. The minimum absolute atomic E-state index is 0.0803. The first-order chi connectivity index (χ1) is 9.03. The quantitative estimate of drug-likeness (QED) is 0.624. The highest BCUT2D eigenvalue weighted by molar-refractivity contribution is 5.91. The van der Waals surface area contributed by atoms with E-state index in [1.54, 1.807) is 0 Å². The number of carboxylic acids is 1. The Kier molecular flexibility index (Phi) is 4.04. The van der Waals surface area contributed by atoms with Gasteiger partial charge in [0.2, 0.25) is 11.8 Å². The van der Waals surface area contributed by atoms with Gasteiger partial charge in [0.25, 0.3) is 0 Å². The lowest BCUT2D eigenvalue weighted by Crippen LogP contribution is -2.50. The molecule has 0 spiro atoms. The van der Waals surface area contributed by atoms with Crippen LogP contribution in [0, 0.1) is 5.41 Å². The van der Waals surface area contributed by atoms with Gasteiger partial charge in [-0.15, -0.1) is 0 Å². The number of hydrogen-bond acceptors (Lipinski definition) is 4. The fraction of sp³-hybridized carbons (Fsp3) is 0.750. The van der Waals surface area contributed by atoms with Gasteiger partial charge in [0.15, 0.2) is 0 Å². The van der Waals surface area contributed by atoms with E-state index in [4.69, 9.17) is 4.74 Å².